The molecule has 1 atom stereocenters. The van der Waals surface area contributed by atoms with Crippen LogP contribution in [-0.4, -0.2) is 64.4 Å². The highest BCUT2D eigenvalue weighted by Crippen LogP contribution is 2.30. The topological polar surface area (TPSA) is 132 Å². The average Bonchev–Trinajstić information content (AvgIpc) is 3.38. The van der Waals surface area contributed by atoms with Gasteiger partial charge in [-0.05, 0) is 43.2 Å². The molecule has 11 nitrogen and oxygen atoms in total. The Hall–Kier alpha value is -4.67. The zero-order chi connectivity index (χ0) is 28.2. The molecule has 39 heavy (non-hydrogen) atoms. The summed E-state index contributed by atoms with van der Waals surface area (Å²) in [6, 6.07) is 13.7. The van der Waals surface area contributed by atoms with Crippen LogP contribution in [0.4, 0.5) is 5.69 Å². The molecule has 0 saturated carbocycles. The highest BCUT2D eigenvalue weighted by Gasteiger charge is 2.48. The number of esters is 1. The molecule has 204 valence electrons. The van der Waals surface area contributed by atoms with Crippen molar-refractivity contribution in [1.82, 2.24) is 19.8 Å². The zero-order valence-corrected chi connectivity index (χ0v) is 22.3. The third kappa shape index (κ3) is 5.33. The number of carbonyl (C=O) groups is 4. The van der Waals surface area contributed by atoms with E-state index in [9.17, 15) is 19.2 Å². The fourth-order valence-corrected chi connectivity index (χ4v) is 4.61. The maximum absolute atomic E-state index is 13.7. The van der Waals surface area contributed by atoms with Gasteiger partial charge in [0, 0.05) is 13.1 Å². The summed E-state index contributed by atoms with van der Waals surface area (Å²) >= 11 is 0. The number of fused-ring (bicyclic) bond motifs is 1. The summed E-state index contributed by atoms with van der Waals surface area (Å²) in [5.41, 5.74) is 0.0530. The molecule has 0 bridgehead atoms. The van der Waals surface area contributed by atoms with Crippen LogP contribution in [0, 0.1) is 0 Å². The maximum Gasteiger partial charge on any atom is 0.339 e. The number of amides is 3. The van der Waals surface area contributed by atoms with Crippen molar-refractivity contribution in [3.8, 4) is 5.75 Å². The molecule has 1 aromatic heterocycles. The SMILES string of the molecule is CCCN1C(=O)c2c(C(=O)Nc3ccccc3C(=O)OC)ncn2C[C@@]1(C)C(=O)NCc1ccc(OC)cc1. The highest BCUT2D eigenvalue weighted by molar-refractivity contribution is 6.13. The number of ether oxygens (including phenoxy) is 2. The number of rotatable bonds is 9. The van der Waals surface area contributed by atoms with Gasteiger partial charge in [0.05, 0.1) is 38.3 Å². The van der Waals surface area contributed by atoms with E-state index in [1.54, 1.807) is 32.2 Å². The highest BCUT2D eigenvalue weighted by atomic mass is 16.5. The third-order valence-electron chi connectivity index (χ3n) is 6.70. The second kappa shape index (κ2) is 11.4. The van der Waals surface area contributed by atoms with Gasteiger partial charge in [0.2, 0.25) is 5.91 Å². The van der Waals surface area contributed by atoms with Crippen molar-refractivity contribution in [2.24, 2.45) is 0 Å². The predicted octanol–water partition coefficient (Wildman–Crippen LogP) is 2.87. The quantitative estimate of drug-likeness (QED) is 0.404. The maximum atomic E-state index is 13.7. The molecule has 2 N–H and O–H groups in total. The largest absolute Gasteiger partial charge is 0.497 e. The first-order chi connectivity index (χ1) is 18.7. The summed E-state index contributed by atoms with van der Waals surface area (Å²) in [5.74, 6) is -1.35. The molecule has 3 amide bonds. The van der Waals surface area contributed by atoms with Gasteiger partial charge in [-0.1, -0.05) is 31.2 Å². The van der Waals surface area contributed by atoms with Crippen LogP contribution >= 0.6 is 0 Å². The molecule has 0 fully saturated rings. The average molecular weight is 534 g/mol. The molecular formula is C28H31N5O6. The fourth-order valence-electron chi connectivity index (χ4n) is 4.61. The van der Waals surface area contributed by atoms with Gasteiger partial charge in [0.1, 0.15) is 17.0 Å². The van der Waals surface area contributed by atoms with Crippen LogP contribution in [-0.2, 0) is 22.6 Å². The first-order valence-electron chi connectivity index (χ1n) is 12.5. The Morgan fingerprint density at radius 1 is 1.08 bits per heavy atom. The van der Waals surface area contributed by atoms with E-state index in [4.69, 9.17) is 9.47 Å². The van der Waals surface area contributed by atoms with Crippen molar-refractivity contribution >= 4 is 29.4 Å². The van der Waals surface area contributed by atoms with Gasteiger partial charge in [-0.15, -0.1) is 0 Å². The lowest BCUT2D eigenvalue weighted by Crippen LogP contribution is -2.64. The Morgan fingerprint density at radius 3 is 2.46 bits per heavy atom. The first-order valence-corrected chi connectivity index (χ1v) is 12.5. The minimum atomic E-state index is -1.21. The molecule has 0 saturated heterocycles. The van der Waals surface area contributed by atoms with Crippen LogP contribution in [0.5, 0.6) is 5.75 Å². The minimum Gasteiger partial charge on any atom is -0.497 e. The second-order valence-corrected chi connectivity index (χ2v) is 9.32. The number of hydrogen-bond acceptors (Lipinski definition) is 7. The number of nitrogens with zero attached hydrogens (tertiary/aromatic N) is 3. The molecule has 11 heteroatoms. The fraction of sp³-hybridized carbons (Fsp3) is 0.321. The van der Waals surface area contributed by atoms with Crippen molar-refractivity contribution in [3.05, 3.63) is 77.4 Å². The molecule has 1 aliphatic heterocycles. The molecule has 2 aromatic carbocycles. The van der Waals surface area contributed by atoms with Gasteiger partial charge < -0.3 is 29.6 Å². The monoisotopic (exact) mass is 533 g/mol. The number of hydrogen-bond donors (Lipinski definition) is 2. The van der Waals surface area contributed by atoms with Crippen LogP contribution in [0.25, 0.3) is 0 Å². The first kappa shape index (κ1) is 27.4. The summed E-state index contributed by atoms with van der Waals surface area (Å²) in [6.45, 7) is 4.31. The Balaban J connectivity index is 1.58. The molecule has 2 heterocycles. The number of benzene rings is 2. The number of aromatic nitrogens is 2. The van der Waals surface area contributed by atoms with Gasteiger partial charge in [-0.2, -0.15) is 0 Å². The van der Waals surface area contributed by atoms with Crippen molar-refractivity contribution < 1.29 is 28.7 Å². The molecule has 3 aromatic rings. The molecule has 0 aliphatic carbocycles. The third-order valence-corrected chi connectivity index (χ3v) is 6.70. The van der Waals surface area contributed by atoms with Crippen LogP contribution in [0.2, 0.25) is 0 Å². The van der Waals surface area contributed by atoms with Gasteiger partial charge in [0.15, 0.2) is 5.69 Å². The molecule has 0 unspecified atom stereocenters. The van der Waals surface area contributed by atoms with E-state index in [1.165, 1.54) is 29.0 Å². The van der Waals surface area contributed by atoms with Crippen LogP contribution in [0.15, 0.2) is 54.9 Å². The van der Waals surface area contributed by atoms with Crippen LogP contribution < -0.4 is 15.4 Å². The van der Waals surface area contributed by atoms with E-state index < -0.39 is 23.3 Å². The van der Waals surface area contributed by atoms with Crippen LogP contribution in [0.3, 0.4) is 0 Å². The smallest absolute Gasteiger partial charge is 0.339 e. The Bertz CT molecular complexity index is 1400. The normalized spacial score (nSPS) is 16.3. The van der Waals surface area contributed by atoms with Gasteiger partial charge in [-0.25, -0.2) is 9.78 Å². The number of nitrogens with one attached hydrogen (secondary N) is 2. The summed E-state index contributed by atoms with van der Waals surface area (Å²) in [6.07, 6.45) is 1.99. The number of carbonyl (C=O) groups excluding carboxylic acids is 4. The number of anilines is 1. The van der Waals surface area contributed by atoms with E-state index in [-0.39, 0.29) is 41.6 Å². The van der Waals surface area contributed by atoms with Gasteiger partial charge in [0.25, 0.3) is 11.8 Å². The molecule has 0 radical (unpaired) electrons. The van der Waals surface area contributed by atoms with Crippen molar-refractivity contribution in [1.29, 1.82) is 0 Å². The lowest BCUT2D eigenvalue weighted by atomic mass is 9.93. The van der Waals surface area contributed by atoms with Gasteiger partial charge in [-0.3, -0.25) is 14.4 Å². The summed E-state index contributed by atoms with van der Waals surface area (Å²) in [5, 5.41) is 5.60. The zero-order valence-electron chi connectivity index (χ0n) is 22.3. The number of para-hydroxylation sites is 1. The molecule has 4 rings (SSSR count). The van der Waals surface area contributed by atoms with Crippen LogP contribution in [0.1, 0.15) is 57.2 Å². The second-order valence-electron chi connectivity index (χ2n) is 9.32. The molecule has 1 aliphatic rings. The van der Waals surface area contributed by atoms with Crippen molar-refractivity contribution in [2.75, 3.05) is 26.1 Å². The van der Waals surface area contributed by atoms with Crippen molar-refractivity contribution in [3.63, 3.8) is 0 Å². The summed E-state index contributed by atoms with van der Waals surface area (Å²) in [7, 11) is 2.83. The number of imidazole rings is 1. The predicted molar refractivity (Wildman–Crippen MR) is 143 cm³/mol. The van der Waals surface area contributed by atoms with Crippen molar-refractivity contribution in [2.45, 2.75) is 38.9 Å². The standard InChI is InChI=1S/C28H31N5O6/c1-5-14-33-25(35)23-22(24(34)31-21-9-7-6-8-20(21)26(36)39-4)30-17-32(23)16-28(33,2)27(37)29-15-18-10-12-19(38-3)13-11-18/h6-13,17H,5,14-16H2,1-4H3,(H,29,37)(H,31,34)/t28-/m0/s1. The van der Waals surface area contributed by atoms with E-state index in [0.717, 1.165) is 5.56 Å². The molecule has 0 spiro atoms. The Labute approximate surface area is 226 Å². The van der Waals surface area contributed by atoms with E-state index in [0.29, 0.717) is 18.7 Å². The van der Waals surface area contributed by atoms with E-state index in [1.807, 2.05) is 31.2 Å². The summed E-state index contributed by atoms with van der Waals surface area (Å²) < 4.78 is 11.5. The molecular weight excluding hydrogens is 502 g/mol. The summed E-state index contributed by atoms with van der Waals surface area (Å²) in [4.78, 5) is 58.3. The lowest BCUT2D eigenvalue weighted by Gasteiger charge is -2.43. The Kier molecular flexibility index (Phi) is 7.99. The van der Waals surface area contributed by atoms with Gasteiger partial charge >= 0.3 is 5.97 Å². The van der Waals surface area contributed by atoms with E-state index >= 15 is 0 Å². The lowest BCUT2D eigenvalue weighted by molar-refractivity contribution is -0.133. The van der Waals surface area contributed by atoms with E-state index in [2.05, 4.69) is 15.6 Å². The Morgan fingerprint density at radius 2 is 1.79 bits per heavy atom. The minimum absolute atomic E-state index is 0.0805. The number of methoxy groups -OCH3 is 2.